The molecule has 0 radical (unpaired) electrons. The van der Waals surface area contributed by atoms with Crippen LogP contribution in [0, 0.1) is 13.8 Å². The van der Waals surface area contributed by atoms with Gasteiger partial charge in [0.15, 0.2) is 0 Å². The average molecular weight is 389 g/mol. The molecule has 4 rings (SSSR count). The van der Waals surface area contributed by atoms with Gasteiger partial charge in [0, 0.05) is 38.2 Å². The van der Waals surface area contributed by atoms with Crippen molar-refractivity contribution in [2.75, 3.05) is 44.3 Å². The van der Waals surface area contributed by atoms with Gasteiger partial charge in [0.05, 0.1) is 29.6 Å². The Labute approximate surface area is 161 Å². The van der Waals surface area contributed by atoms with Crippen LogP contribution in [0.5, 0.6) is 0 Å². The quantitative estimate of drug-likeness (QED) is 0.851. The van der Waals surface area contributed by atoms with E-state index in [2.05, 4.69) is 9.97 Å². The van der Waals surface area contributed by atoms with Crippen LogP contribution >= 0.6 is 11.3 Å². The second-order valence-corrected chi connectivity index (χ2v) is 8.18. The zero-order valence-corrected chi connectivity index (χ0v) is 16.3. The highest BCUT2D eigenvalue weighted by Gasteiger charge is 2.31. The third-order valence-electron chi connectivity index (χ3n) is 5.05. The molecule has 2 aromatic rings. The molecule has 2 saturated heterocycles. The van der Waals surface area contributed by atoms with Gasteiger partial charge in [-0.2, -0.15) is 0 Å². The minimum Gasteiger partial charge on any atom is -0.378 e. The summed E-state index contributed by atoms with van der Waals surface area (Å²) in [5, 5.41) is 0.901. The van der Waals surface area contributed by atoms with E-state index in [0.717, 1.165) is 22.8 Å². The predicted molar refractivity (Wildman–Crippen MR) is 103 cm³/mol. The Balaban J connectivity index is 1.51. The van der Waals surface area contributed by atoms with E-state index >= 15 is 0 Å². The van der Waals surface area contributed by atoms with E-state index in [1.807, 2.05) is 23.6 Å². The molecule has 8 nitrogen and oxygen atoms in total. The van der Waals surface area contributed by atoms with E-state index < -0.39 is 0 Å². The molecular weight excluding hydrogens is 366 g/mol. The zero-order chi connectivity index (χ0) is 19.0. The van der Waals surface area contributed by atoms with Crippen LogP contribution in [-0.4, -0.2) is 65.2 Å². The molecule has 27 heavy (non-hydrogen) atoms. The molecule has 2 aliphatic heterocycles. The van der Waals surface area contributed by atoms with E-state index in [0.29, 0.717) is 50.2 Å². The molecule has 2 fully saturated rings. The average Bonchev–Trinajstić information content (AvgIpc) is 3.28. The Kier molecular flexibility index (Phi) is 4.96. The van der Waals surface area contributed by atoms with Crippen molar-refractivity contribution in [1.29, 1.82) is 0 Å². The lowest BCUT2D eigenvalue weighted by molar-refractivity contribution is 0.0794. The molecule has 0 spiro atoms. The number of hydrogen-bond donors (Lipinski definition) is 1. The maximum absolute atomic E-state index is 12.8. The van der Waals surface area contributed by atoms with Crippen LogP contribution in [-0.2, 0) is 4.74 Å². The van der Waals surface area contributed by atoms with Crippen molar-refractivity contribution in [3.05, 3.63) is 37.7 Å². The summed E-state index contributed by atoms with van der Waals surface area (Å²) in [7, 11) is 0. The minimum atomic E-state index is -0.153. The molecule has 1 atom stereocenters. The van der Waals surface area contributed by atoms with E-state index in [1.165, 1.54) is 11.3 Å². The van der Waals surface area contributed by atoms with Crippen molar-refractivity contribution >= 4 is 23.2 Å². The van der Waals surface area contributed by atoms with Gasteiger partial charge in [-0.3, -0.25) is 14.6 Å². The predicted octanol–water partition coefficient (Wildman–Crippen LogP) is 1.31. The lowest BCUT2D eigenvalue weighted by atomic mass is 10.1. The molecule has 0 bridgehead atoms. The van der Waals surface area contributed by atoms with Crippen molar-refractivity contribution in [2.45, 2.75) is 26.2 Å². The first kappa shape index (κ1) is 18.1. The lowest BCUT2D eigenvalue weighted by Gasteiger charge is -2.27. The number of anilines is 1. The van der Waals surface area contributed by atoms with E-state index in [1.54, 1.807) is 6.07 Å². The topological polar surface area (TPSA) is 91.4 Å². The van der Waals surface area contributed by atoms with Crippen LogP contribution in [0.25, 0.3) is 0 Å². The SMILES string of the molecule is Cc1nc(C)c(C(=O)N2CC[C@@H](c3cc(=O)[nH]c(N4CCOCC4)n3)C2)s1. The second-order valence-electron chi connectivity index (χ2n) is 6.98. The molecule has 9 heteroatoms. The zero-order valence-electron chi connectivity index (χ0n) is 15.5. The highest BCUT2D eigenvalue weighted by atomic mass is 32.1. The Bertz CT molecular complexity index is 903. The molecule has 0 aromatic carbocycles. The third kappa shape index (κ3) is 3.74. The van der Waals surface area contributed by atoms with Gasteiger partial charge in [-0.05, 0) is 20.3 Å². The summed E-state index contributed by atoms with van der Waals surface area (Å²) in [6.45, 7) is 7.72. The second kappa shape index (κ2) is 7.40. The van der Waals surface area contributed by atoms with E-state index in [4.69, 9.17) is 9.72 Å². The number of carbonyl (C=O) groups is 1. The monoisotopic (exact) mass is 389 g/mol. The maximum Gasteiger partial charge on any atom is 0.265 e. The number of thiazole rings is 1. The molecule has 2 aromatic heterocycles. The van der Waals surface area contributed by atoms with Gasteiger partial charge in [-0.25, -0.2) is 9.97 Å². The summed E-state index contributed by atoms with van der Waals surface area (Å²) in [4.78, 5) is 41.5. The highest BCUT2D eigenvalue weighted by molar-refractivity contribution is 7.13. The van der Waals surface area contributed by atoms with Crippen LogP contribution in [0.4, 0.5) is 5.95 Å². The number of aromatic nitrogens is 3. The van der Waals surface area contributed by atoms with Gasteiger partial charge in [0.25, 0.3) is 11.5 Å². The lowest BCUT2D eigenvalue weighted by Crippen LogP contribution is -2.38. The van der Waals surface area contributed by atoms with Crippen molar-refractivity contribution in [2.24, 2.45) is 0 Å². The number of nitrogens with zero attached hydrogens (tertiary/aromatic N) is 4. The van der Waals surface area contributed by atoms with Gasteiger partial charge >= 0.3 is 0 Å². The molecule has 0 unspecified atom stereocenters. The third-order valence-corrected chi connectivity index (χ3v) is 6.11. The summed E-state index contributed by atoms with van der Waals surface area (Å²) in [5.41, 5.74) is 1.39. The number of amides is 1. The maximum atomic E-state index is 12.8. The van der Waals surface area contributed by atoms with Crippen LogP contribution in [0.2, 0.25) is 0 Å². The number of nitrogens with one attached hydrogen (secondary N) is 1. The summed E-state index contributed by atoms with van der Waals surface area (Å²) in [5.74, 6) is 0.698. The van der Waals surface area contributed by atoms with E-state index in [-0.39, 0.29) is 17.4 Å². The molecule has 2 aliphatic rings. The number of hydrogen-bond acceptors (Lipinski definition) is 7. The van der Waals surface area contributed by atoms with Crippen molar-refractivity contribution in [3.63, 3.8) is 0 Å². The van der Waals surface area contributed by atoms with Gasteiger partial charge in [-0.1, -0.05) is 0 Å². The Morgan fingerprint density at radius 3 is 2.74 bits per heavy atom. The van der Waals surface area contributed by atoms with Gasteiger partial charge in [0.2, 0.25) is 5.95 Å². The summed E-state index contributed by atoms with van der Waals surface area (Å²) >= 11 is 1.44. The first-order chi connectivity index (χ1) is 13.0. The number of likely N-dealkylation sites (tertiary alicyclic amines) is 1. The molecule has 0 saturated carbocycles. The van der Waals surface area contributed by atoms with Crippen molar-refractivity contribution in [1.82, 2.24) is 19.9 Å². The summed E-state index contributed by atoms with van der Waals surface area (Å²) < 4.78 is 5.37. The number of morpholine rings is 1. The van der Waals surface area contributed by atoms with Crippen molar-refractivity contribution < 1.29 is 9.53 Å². The molecule has 1 N–H and O–H groups in total. The molecule has 144 valence electrons. The number of H-pyrrole nitrogens is 1. The highest BCUT2D eigenvalue weighted by Crippen LogP contribution is 2.29. The normalized spacial score (nSPS) is 20.3. The Morgan fingerprint density at radius 1 is 1.26 bits per heavy atom. The number of aromatic amines is 1. The number of rotatable bonds is 3. The van der Waals surface area contributed by atoms with Gasteiger partial charge in [0.1, 0.15) is 4.88 Å². The number of aryl methyl sites for hydroxylation is 2. The molecule has 0 aliphatic carbocycles. The van der Waals surface area contributed by atoms with Crippen LogP contribution in [0.15, 0.2) is 10.9 Å². The van der Waals surface area contributed by atoms with Crippen LogP contribution in [0.1, 0.15) is 38.4 Å². The molecule has 4 heterocycles. The Morgan fingerprint density at radius 2 is 2.04 bits per heavy atom. The first-order valence-corrected chi connectivity index (χ1v) is 10.00. The molecule has 1 amide bonds. The van der Waals surface area contributed by atoms with Gasteiger partial charge < -0.3 is 14.5 Å². The number of carbonyl (C=O) groups excluding carboxylic acids is 1. The standard InChI is InChI=1S/C18H23N5O3S/c1-11-16(27-12(2)19-11)17(25)23-4-3-13(10-23)14-9-15(24)21-18(20-14)22-5-7-26-8-6-22/h9,13H,3-8,10H2,1-2H3,(H,20,21,24)/t13-/m1/s1. The minimum absolute atomic E-state index is 0.0267. The fourth-order valence-electron chi connectivity index (χ4n) is 3.66. The number of ether oxygens (including phenoxy) is 1. The largest absolute Gasteiger partial charge is 0.378 e. The summed E-state index contributed by atoms with van der Waals surface area (Å²) in [6, 6.07) is 1.56. The van der Waals surface area contributed by atoms with Crippen LogP contribution < -0.4 is 10.5 Å². The first-order valence-electron chi connectivity index (χ1n) is 9.18. The molecular formula is C18H23N5O3S. The van der Waals surface area contributed by atoms with Gasteiger partial charge in [-0.15, -0.1) is 11.3 Å². The fraction of sp³-hybridized carbons (Fsp3) is 0.556. The van der Waals surface area contributed by atoms with Crippen LogP contribution in [0.3, 0.4) is 0 Å². The fourth-order valence-corrected chi connectivity index (χ4v) is 4.54. The smallest absolute Gasteiger partial charge is 0.265 e. The summed E-state index contributed by atoms with van der Waals surface area (Å²) in [6.07, 6.45) is 0.807. The Hall–Kier alpha value is -2.26. The van der Waals surface area contributed by atoms with E-state index in [9.17, 15) is 9.59 Å². The van der Waals surface area contributed by atoms with Crippen molar-refractivity contribution in [3.8, 4) is 0 Å².